The number of halogens is 3. The Labute approximate surface area is 254 Å². The van der Waals surface area contributed by atoms with E-state index in [1.165, 1.54) is 19.3 Å². The van der Waals surface area contributed by atoms with Crippen LogP contribution in [-0.2, 0) is 4.79 Å². The van der Waals surface area contributed by atoms with Crippen LogP contribution in [0.15, 0.2) is 30.6 Å². The second kappa shape index (κ2) is 14.7. The first kappa shape index (κ1) is 32.9. The Bertz CT molecular complexity index is 1400. The van der Waals surface area contributed by atoms with Crippen LogP contribution in [-0.4, -0.2) is 106 Å². The number of carboxylic acids is 1. The number of amides is 1. The minimum atomic E-state index is -5.08. The fraction of sp³-hybridized carbons (Fsp3) is 0.552. The Hall–Kier alpha value is -3.98. The number of nitrogens with zero attached hydrogens (tertiary/aromatic N) is 7. The molecule has 4 heterocycles. The van der Waals surface area contributed by atoms with Gasteiger partial charge < -0.3 is 30.5 Å². The molecule has 0 spiro atoms. The third-order valence-electron chi connectivity index (χ3n) is 7.79. The van der Waals surface area contributed by atoms with Gasteiger partial charge in [0.05, 0.1) is 11.9 Å². The number of aliphatic carboxylic acids is 1. The molecule has 4 N–H and O–H groups in total. The maximum atomic E-state index is 12.9. The monoisotopic (exact) mass is 619 g/mol. The molecule has 1 aliphatic heterocycles. The van der Waals surface area contributed by atoms with E-state index in [2.05, 4.69) is 35.7 Å². The summed E-state index contributed by atoms with van der Waals surface area (Å²) in [5, 5.41) is 11.3. The maximum Gasteiger partial charge on any atom is 0.490 e. The van der Waals surface area contributed by atoms with E-state index in [1.807, 2.05) is 18.3 Å². The molecule has 0 bridgehead atoms. The van der Waals surface area contributed by atoms with Gasteiger partial charge in [0.15, 0.2) is 0 Å². The number of nitrogens with two attached hydrogens (primary N) is 1. The van der Waals surface area contributed by atoms with Crippen LogP contribution in [0.1, 0.15) is 55.1 Å². The summed E-state index contributed by atoms with van der Waals surface area (Å²) in [4.78, 5) is 42.3. The number of hydrogen-bond acceptors (Lipinski definition) is 9. The van der Waals surface area contributed by atoms with Crippen molar-refractivity contribution in [3.63, 3.8) is 0 Å². The largest absolute Gasteiger partial charge is 0.490 e. The van der Waals surface area contributed by atoms with Gasteiger partial charge >= 0.3 is 12.1 Å². The number of nitrogens with one attached hydrogen (secondary N) is 1. The third kappa shape index (κ3) is 8.34. The number of aromatic nitrogens is 4. The van der Waals surface area contributed by atoms with Gasteiger partial charge in [-0.2, -0.15) is 18.2 Å². The first-order valence-electron chi connectivity index (χ1n) is 14.8. The molecule has 0 atom stereocenters. The van der Waals surface area contributed by atoms with Crippen molar-refractivity contribution in [1.82, 2.24) is 29.3 Å². The van der Waals surface area contributed by atoms with Crippen molar-refractivity contribution in [3.05, 3.63) is 36.3 Å². The maximum absolute atomic E-state index is 12.9. The summed E-state index contributed by atoms with van der Waals surface area (Å²) in [5.74, 6) is -1.58. The molecule has 240 valence electrons. The molecular formula is C29H40F3N9O3. The number of rotatable bonds is 9. The highest BCUT2D eigenvalue weighted by Gasteiger charge is 2.38. The number of anilines is 3. The second-order valence-electron chi connectivity index (χ2n) is 11.2. The Morgan fingerprint density at radius 2 is 1.75 bits per heavy atom. The normalized spacial score (nSPS) is 16.1. The average molecular weight is 620 g/mol. The molecule has 0 radical (unpaired) electrons. The van der Waals surface area contributed by atoms with Crippen LogP contribution in [0.2, 0.25) is 0 Å². The molecular weight excluding hydrogens is 579 g/mol. The summed E-state index contributed by atoms with van der Waals surface area (Å²) in [5.41, 5.74) is 8.23. The zero-order chi connectivity index (χ0) is 31.9. The van der Waals surface area contributed by atoms with Gasteiger partial charge in [0.2, 0.25) is 5.95 Å². The Balaban J connectivity index is 0.000000566. The number of carbonyl (C=O) groups is 2. The number of alkyl halides is 3. The highest BCUT2D eigenvalue weighted by Crippen LogP contribution is 2.35. The highest BCUT2D eigenvalue weighted by molar-refractivity contribution is 5.97. The molecule has 0 aromatic carbocycles. The second-order valence-corrected chi connectivity index (χ2v) is 11.2. The highest BCUT2D eigenvalue weighted by atomic mass is 19.4. The van der Waals surface area contributed by atoms with Gasteiger partial charge in [-0.05, 0) is 57.0 Å². The van der Waals surface area contributed by atoms with Crippen molar-refractivity contribution in [2.45, 2.75) is 50.7 Å². The van der Waals surface area contributed by atoms with E-state index in [1.54, 1.807) is 25.2 Å². The topological polar surface area (TPSA) is 146 Å². The number of hydrogen-bond donors (Lipinski definition) is 3. The molecule has 1 aliphatic carbocycles. The molecule has 3 aromatic heterocycles. The van der Waals surface area contributed by atoms with Gasteiger partial charge in [-0.1, -0.05) is 12.8 Å². The lowest BCUT2D eigenvalue weighted by molar-refractivity contribution is -0.192. The fourth-order valence-corrected chi connectivity index (χ4v) is 5.47. The summed E-state index contributed by atoms with van der Waals surface area (Å²) in [6.45, 7) is 6.04. The standard InChI is InChI=1S/C27H39N9O.C2HF3O2/c1-33(2)26(37)23-17-20-18-30-27(32-25(20)36(23)21-7-3-4-8-21)31-24-10-9-22(19-29-24)35-15-13-34(14-16-35)12-6-5-11-28;3-2(4,5)1(6)7/h9-10,17-19,21H,3-8,11-16,28H2,1-2H3,(H,29,30,31,32);(H,6,7). The minimum absolute atomic E-state index is 0.00643. The van der Waals surface area contributed by atoms with Crippen LogP contribution in [0, 0.1) is 0 Å². The minimum Gasteiger partial charge on any atom is -0.475 e. The molecule has 2 fully saturated rings. The molecule has 5 rings (SSSR count). The number of pyridine rings is 1. The molecule has 1 amide bonds. The predicted molar refractivity (Wildman–Crippen MR) is 161 cm³/mol. The third-order valence-corrected chi connectivity index (χ3v) is 7.79. The van der Waals surface area contributed by atoms with Gasteiger partial charge in [0.1, 0.15) is 17.2 Å². The van der Waals surface area contributed by atoms with Crippen molar-refractivity contribution in [1.29, 1.82) is 0 Å². The molecule has 3 aromatic rings. The van der Waals surface area contributed by atoms with Crippen molar-refractivity contribution in [2.24, 2.45) is 5.73 Å². The summed E-state index contributed by atoms with van der Waals surface area (Å²) in [6.07, 6.45) is 5.38. The summed E-state index contributed by atoms with van der Waals surface area (Å²) in [6, 6.07) is 6.29. The lowest BCUT2D eigenvalue weighted by Crippen LogP contribution is -2.46. The smallest absolute Gasteiger partial charge is 0.475 e. The van der Waals surface area contributed by atoms with E-state index >= 15 is 0 Å². The number of carbonyl (C=O) groups excluding carboxylic acids is 1. The number of carboxylic acid groups (broad SMARTS) is 1. The molecule has 1 saturated carbocycles. The SMILES string of the molecule is CN(C)C(=O)c1cc2cnc(Nc3ccc(N4CCN(CCCCN)CC4)cn3)nc2n1C1CCCC1.O=C(O)C(F)(F)F. The number of unbranched alkanes of at least 4 members (excludes halogenated alkanes) is 1. The van der Waals surface area contributed by atoms with Crippen molar-refractivity contribution >= 4 is 40.4 Å². The molecule has 0 unspecified atom stereocenters. The lowest BCUT2D eigenvalue weighted by Gasteiger charge is -2.36. The van der Waals surface area contributed by atoms with Gasteiger partial charge in [-0.15, -0.1) is 0 Å². The van der Waals surface area contributed by atoms with Gasteiger partial charge in [-0.3, -0.25) is 9.69 Å². The molecule has 44 heavy (non-hydrogen) atoms. The molecule has 12 nitrogen and oxygen atoms in total. The van der Waals surface area contributed by atoms with E-state index in [0.717, 1.165) is 75.3 Å². The van der Waals surface area contributed by atoms with E-state index in [-0.39, 0.29) is 11.9 Å². The summed E-state index contributed by atoms with van der Waals surface area (Å²) < 4.78 is 33.9. The van der Waals surface area contributed by atoms with Crippen LogP contribution in [0.3, 0.4) is 0 Å². The van der Waals surface area contributed by atoms with Crippen LogP contribution in [0.5, 0.6) is 0 Å². The van der Waals surface area contributed by atoms with Gasteiger partial charge in [-0.25, -0.2) is 14.8 Å². The van der Waals surface area contributed by atoms with E-state index < -0.39 is 12.1 Å². The van der Waals surface area contributed by atoms with Crippen molar-refractivity contribution < 1.29 is 27.9 Å². The summed E-state index contributed by atoms with van der Waals surface area (Å²) in [7, 11) is 3.58. The van der Waals surface area contributed by atoms with Gasteiger partial charge in [0, 0.05) is 57.9 Å². The summed E-state index contributed by atoms with van der Waals surface area (Å²) >= 11 is 0. The van der Waals surface area contributed by atoms with E-state index in [0.29, 0.717) is 17.5 Å². The Morgan fingerprint density at radius 1 is 1.07 bits per heavy atom. The van der Waals surface area contributed by atoms with E-state index in [4.69, 9.17) is 20.6 Å². The fourth-order valence-electron chi connectivity index (χ4n) is 5.47. The first-order valence-corrected chi connectivity index (χ1v) is 14.8. The van der Waals surface area contributed by atoms with Crippen molar-refractivity contribution in [2.75, 3.05) is 63.6 Å². The van der Waals surface area contributed by atoms with Crippen LogP contribution >= 0.6 is 0 Å². The van der Waals surface area contributed by atoms with Crippen LogP contribution < -0.4 is 16.0 Å². The Kier molecular flexibility index (Phi) is 11.0. The lowest BCUT2D eigenvalue weighted by atomic mass is 10.2. The zero-order valence-corrected chi connectivity index (χ0v) is 25.1. The predicted octanol–water partition coefficient (Wildman–Crippen LogP) is 3.88. The molecule has 1 saturated heterocycles. The van der Waals surface area contributed by atoms with Crippen LogP contribution in [0.4, 0.5) is 30.6 Å². The Morgan fingerprint density at radius 3 is 2.32 bits per heavy atom. The molecule has 15 heteroatoms. The van der Waals surface area contributed by atoms with Crippen LogP contribution in [0.25, 0.3) is 11.0 Å². The first-order chi connectivity index (χ1) is 21.0. The quantitative estimate of drug-likeness (QED) is 0.302. The van der Waals surface area contributed by atoms with Gasteiger partial charge in [0.25, 0.3) is 5.91 Å². The zero-order valence-electron chi connectivity index (χ0n) is 25.1. The molecule has 2 aliphatic rings. The number of piperazine rings is 1. The van der Waals surface area contributed by atoms with Crippen molar-refractivity contribution in [3.8, 4) is 0 Å². The average Bonchev–Trinajstić information content (AvgIpc) is 3.65. The number of fused-ring (bicyclic) bond motifs is 1. The van der Waals surface area contributed by atoms with E-state index in [9.17, 15) is 18.0 Å².